The predicted octanol–water partition coefficient (Wildman–Crippen LogP) is 3.20. The minimum absolute atomic E-state index is 0.189. The van der Waals surface area contributed by atoms with Crippen LogP contribution in [0.5, 0.6) is 0 Å². The minimum atomic E-state index is -0.189. The molecule has 0 saturated heterocycles. The summed E-state index contributed by atoms with van der Waals surface area (Å²) in [6, 6.07) is 10.2. The highest BCUT2D eigenvalue weighted by molar-refractivity contribution is 5.65. The molecular weight excluding hydrogens is 264 g/mol. The first-order valence-corrected chi connectivity index (χ1v) is 7.67. The molecule has 1 fully saturated rings. The van der Waals surface area contributed by atoms with Gasteiger partial charge in [-0.3, -0.25) is 4.79 Å². The number of allylic oxidation sites excluding steroid dienone is 2. The Hall–Kier alpha value is -1.61. The lowest BCUT2D eigenvalue weighted by Gasteiger charge is -2.27. The molecule has 21 heavy (non-hydrogen) atoms. The fourth-order valence-corrected chi connectivity index (χ4v) is 3.62. The Labute approximate surface area is 125 Å². The number of ether oxygens (including phenoxy) is 2. The summed E-state index contributed by atoms with van der Waals surface area (Å²) in [5.74, 6) is 1.85. The van der Waals surface area contributed by atoms with E-state index < -0.39 is 0 Å². The highest BCUT2D eigenvalue weighted by Gasteiger charge is 2.44. The second kappa shape index (κ2) is 6.44. The van der Waals surface area contributed by atoms with Crippen LogP contribution < -0.4 is 0 Å². The lowest BCUT2D eigenvalue weighted by molar-refractivity contribution is -0.143. The van der Waals surface area contributed by atoms with Crippen LogP contribution in [0.4, 0.5) is 0 Å². The normalized spacial score (nSPS) is 29.8. The van der Waals surface area contributed by atoms with Gasteiger partial charge in [-0.2, -0.15) is 0 Å². The molecule has 0 spiro atoms. The van der Waals surface area contributed by atoms with E-state index in [1.54, 1.807) is 0 Å². The Kier molecular flexibility index (Phi) is 4.39. The van der Waals surface area contributed by atoms with Gasteiger partial charge in [0.15, 0.2) is 0 Å². The van der Waals surface area contributed by atoms with Crippen molar-refractivity contribution in [1.82, 2.24) is 0 Å². The van der Waals surface area contributed by atoms with Crippen LogP contribution in [0.2, 0.25) is 0 Å². The lowest BCUT2D eigenvalue weighted by atomic mass is 9.84. The zero-order chi connectivity index (χ0) is 14.7. The van der Waals surface area contributed by atoms with Crippen molar-refractivity contribution in [1.29, 1.82) is 0 Å². The summed E-state index contributed by atoms with van der Waals surface area (Å²) in [5, 5.41) is 0. The molecule has 2 aliphatic rings. The highest BCUT2D eigenvalue weighted by atomic mass is 16.5. The quantitative estimate of drug-likeness (QED) is 0.595. The van der Waals surface area contributed by atoms with Gasteiger partial charge in [-0.15, -0.1) is 0 Å². The number of fused-ring (bicyclic) bond motifs is 2. The predicted molar refractivity (Wildman–Crippen MR) is 80.4 cm³/mol. The molecule has 2 aliphatic carbocycles. The Morgan fingerprint density at radius 2 is 1.76 bits per heavy atom. The molecule has 1 aromatic carbocycles. The van der Waals surface area contributed by atoms with Gasteiger partial charge in [0.25, 0.3) is 0 Å². The summed E-state index contributed by atoms with van der Waals surface area (Å²) in [7, 11) is 0. The van der Waals surface area contributed by atoms with Crippen molar-refractivity contribution in [3.63, 3.8) is 0 Å². The Morgan fingerprint density at radius 3 is 2.43 bits per heavy atom. The Morgan fingerprint density at radius 1 is 1.10 bits per heavy atom. The van der Waals surface area contributed by atoms with E-state index in [4.69, 9.17) is 9.47 Å². The lowest BCUT2D eigenvalue weighted by Crippen LogP contribution is -2.28. The maximum Gasteiger partial charge on any atom is 0.302 e. The van der Waals surface area contributed by atoms with Crippen molar-refractivity contribution in [3.05, 3.63) is 48.0 Å². The average molecular weight is 286 g/mol. The topological polar surface area (TPSA) is 35.5 Å². The van der Waals surface area contributed by atoms with Gasteiger partial charge >= 0.3 is 5.97 Å². The molecule has 4 atom stereocenters. The van der Waals surface area contributed by atoms with E-state index in [-0.39, 0.29) is 5.97 Å². The molecule has 2 bridgehead atoms. The first kappa shape index (κ1) is 14.3. The minimum Gasteiger partial charge on any atom is -0.466 e. The largest absolute Gasteiger partial charge is 0.466 e. The molecule has 3 rings (SSSR count). The summed E-state index contributed by atoms with van der Waals surface area (Å²) >= 11 is 0. The molecule has 0 unspecified atom stereocenters. The van der Waals surface area contributed by atoms with Crippen molar-refractivity contribution >= 4 is 5.97 Å². The second-order valence-electron chi connectivity index (χ2n) is 6.08. The van der Waals surface area contributed by atoms with Crippen molar-refractivity contribution in [3.8, 4) is 0 Å². The number of hydrogen-bond acceptors (Lipinski definition) is 3. The molecule has 3 heteroatoms. The van der Waals surface area contributed by atoms with Gasteiger partial charge in [0, 0.05) is 12.8 Å². The highest BCUT2D eigenvalue weighted by Crippen LogP contribution is 2.48. The van der Waals surface area contributed by atoms with E-state index in [1.165, 1.54) is 18.9 Å². The molecule has 0 N–H and O–H groups in total. The fraction of sp³-hybridized carbons (Fsp3) is 0.500. The molecule has 0 aliphatic heterocycles. The summed E-state index contributed by atoms with van der Waals surface area (Å²) in [4.78, 5) is 11.0. The van der Waals surface area contributed by atoms with Crippen LogP contribution >= 0.6 is 0 Å². The van der Waals surface area contributed by atoms with E-state index in [0.717, 1.165) is 6.61 Å². The molecule has 0 aromatic heterocycles. The summed E-state index contributed by atoms with van der Waals surface area (Å²) < 4.78 is 11.2. The van der Waals surface area contributed by atoms with E-state index in [1.807, 2.05) is 18.2 Å². The molecular formula is C18H22O3. The zero-order valence-electron chi connectivity index (χ0n) is 12.4. The molecule has 112 valence electrons. The van der Waals surface area contributed by atoms with Crippen LogP contribution in [-0.2, 0) is 20.9 Å². The SMILES string of the molecule is CC(=O)OC[C@@H]1[C@H](COCc2ccccc2)[C@@H]2C=C[C@H]1C2. The Balaban J connectivity index is 1.53. The maximum atomic E-state index is 11.0. The smallest absolute Gasteiger partial charge is 0.302 e. The van der Waals surface area contributed by atoms with Gasteiger partial charge in [0.05, 0.1) is 19.8 Å². The molecule has 1 aromatic rings. The van der Waals surface area contributed by atoms with Crippen LogP contribution in [-0.4, -0.2) is 19.2 Å². The van der Waals surface area contributed by atoms with Gasteiger partial charge in [0.1, 0.15) is 0 Å². The first-order valence-electron chi connectivity index (χ1n) is 7.67. The molecule has 0 amide bonds. The number of rotatable bonds is 6. The van der Waals surface area contributed by atoms with E-state index in [2.05, 4.69) is 24.3 Å². The third-order valence-corrected chi connectivity index (χ3v) is 4.70. The van der Waals surface area contributed by atoms with E-state index in [9.17, 15) is 4.79 Å². The number of carbonyl (C=O) groups is 1. The summed E-state index contributed by atoms with van der Waals surface area (Å²) in [6.45, 7) is 3.40. The zero-order valence-corrected chi connectivity index (χ0v) is 12.4. The van der Waals surface area contributed by atoms with Crippen LogP contribution in [0.25, 0.3) is 0 Å². The van der Waals surface area contributed by atoms with Crippen LogP contribution in [0.1, 0.15) is 18.9 Å². The summed E-state index contributed by atoms with van der Waals surface area (Å²) in [5.41, 5.74) is 1.20. The number of hydrogen-bond donors (Lipinski definition) is 0. The molecule has 0 heterocycles. The van der Waals surface area contributed by atoms with Crippen LogP contribution in [0, 0.1) is 23.7 Å². The third-order valence-electron chi connectivity index (χ3n) is 4.70. The molecule has 3 nitrogen and oxygen atoms in total. The van der Waals surface area contributed by atoms with Crippen LogP contribution in [0.3, 0.4) is 0 Å². The van der Waals surface area contributed by atoms with Crippen molar-refractivity contribution in [2.75, 3.05) is 13.2 Å². The number of carbonyl (C=O) groups excluding carboxylic acids is 1. The summed E-state index contributed by atoms with van der Waals surface area (Å²) in [6.07, 6.45) is 5.78. The van der Waals surface area contributed by atoms with Gasteiger partial charge < -0.3 is 9.47 Å². The van der Waals surface area contributed by atoms with Crippen molar-refractivity contribution < 1.29 is 14.3 Å². The average Bonchev–Trinajstić information content (AvgIpc) is 3.07. The maximum absolute atomic E-state index is 11.0. The van der Waals surface area contributed by atoms with Crippen molar-refractivity contribution in [2.24, 2.45) is 23.7 Å². The fourth-order valence-electron chi connectivity index (χ4n) is 3.62. The van der Waals surface area contributed by atoms with Crippen LogP contribution in [0.15, 0.2) is 42.5 Å². The standard InChI is InChI=1S/C18H22O3/c1-13(19)21-12-18-16-8-7-15(9-16)17(18)11-20-10-14-5-3-2-4-6-14/h2-8,15-18H,9-12H2,1H3/t15-,16+,17-,18+/m1/s1. The Bertz CT molecular complexity index is 508. The molecule has 1 saturated carbocycles. The monoisotopic (exact) mass is 286 g/mol. The van der Waals surface area contributed by atoms with Gasteiger partial charge in [-0.1, -0.05) is 42.5 Å². The van der Waals surface area contributed by atoms with Gasteiger partial charge in [0.2, 0.25) is 0 Å². The van der Waals surface area contributed by atoms with E-state index >= 15 is 0 Å². The number of esters is 1. The second-order valence-corrected chi connectivity index (χ2v) is 6.08. The van der Waals surface area contributed by atoms with Crippen molar-refractivity contribution in [2.45, 2.75) is 20.0 Å². The van der Waals surface area contributed by atoms with Gasteiger partial charge in [-0.25, -0.2) is 0 Å². The number of benzene rings is 1. The first-order chi connectivity index (χ1) is 10.2. The van der Waals surface area contributed by atoms with Gasteiger partial charge in [-0.05, 0) is 29.7 Å². The molecule has 0 radical (unpaired) electrons. The van der Waals surface area contributed by atoms with E-state index in [0.29, 0.717) is 36.9 Å². The third kappa shape index (κ3) is 3.35.